The minimum Gasteiger partial charge on any atom is -0.292 e. The maximum atomic E-state index is 12.5. The average molecular weight is 351 g/mol. The Morgan fingerprint density at radius 3 is 2.13 bits per heavy atom. The fraction of sp³-hybridized carbons (Fsp3) is 0.125. The zero-order valence-corrected chi connectivity index (χ0v) is 14.1. The summed E-state index contributed by atoms with van der Waals surface area (Å²) in [6, 6.07) is 12.7. The third-order valence-corrected chi connectivity index (χ3v) is 5.05. The summed E-state index contributed by atoms with van der Waals surface area (Å²) in [5.74, 6) is -0.646. The van der Waals surface area contributed by atoms with Crippen molar-refractivity contribution in [3.63, 3.8) is 0 Å². The third kappa shape index (κ3) is 4.18. The second kappa shape index (κ2) is 6.93. The highest BCUT2D eigenvalue weighted by Crippen LogP contribution is 2.16. The van der Waals surface area contributed by atoms with E-state index in [1.807, 2.05) is 6.92 Å². The normalized spacial score (nSPS) is 12.0. The molecule has 23 heavy (non-hydrogen) atoms. The number of hydrogen-bond acceptors (Lipinski definition) is 5. The van der Waals surface area contributed by atoms with E-state index in [1.165, 1.54) is 12.1 Å². The molecule has 0 aliphatic carbocycles. The Hall–Kier alpha value is -2.18. The SMILES string of the molecule is CC(=O)C(=NNc1ccc(Cl)cc1)S(=O)(=O)c1ccc(C)cc1. The van der Waals surface area contributed by atoms with E-state index in [-0.39, 0.29) is 4.90 Å². The Morgan fingerprint density at radius 2 is 1.61 bits per heavy atom. The van der Waals surface area contributed by atoms with Gasteiger partial charge in [0.05, 0.1) is 10.6 Å². The van der Waals surface area contributed by atoms with Crippen molar-refractivity contribution in [1.82, 2.24) is 0 Å². The minimum absolute atomic E-state index is 0.0231. The fourth-order valence-electron chi connectivity index (χ4n) is 1.80. The summed E-state index contributed by atoms with van der Waals surface area (Å²) in [6.07, 6.45) is 0. The fourth-order valence-corrected chi connectivity index (χ4v) is 3.18. The molecule has 0 bridgehead atoms. The van der Waals surface area contributed by atoms with Gasteiger partial charge in [-0.2, -0.15) is 5.10 Å². The van der Waals surface area contributed by atoms with Crippen LogP contribution in [0.2, 0.25) is 5.02 Å². The van der Waals surface area contributed by atoms with E-state index in [1.54, 1.807) is 36.4 Å². The van der Waals surface area contributed by atoms with E-state index < -0.39 is 20.7 Å². The molecule has 1 N–H and O–H groups in total. The summed E-state index contributed by atoms with van der Waals surface area (Å²) in [6.45, 7) is 3.01. The molecule has 7 heteroatoms. The molecule has 2 aromatic carbocycles. The van der Waals surface area contributed by atoms with Crippen LogP contribution < -0.4 is 5.43 Å². The third-order valence-electron chi connectivity index (χ3n) is 3.02. The molecule has 0 saturated carbocycles. The van der Waals surface area contributed by atoms with Crippen molar-refractivity contribution in [2.45, 2.75) is 18.7 Å². The minimum atomic E-state index is -3.98. The largest absolute Gasteiger partial charge is 0.292 e. The Morgan fingerprint density at radius 1 is 1.04 bits per heavy atom. The highest BCUT2D eigenvalue weighted by molar-refractivity contribution is 8.08. The zero-order valence-electron chi connectivity index (χ0n) is 12.6. The molecule has 2 aromatic rings. The molecule has 0 saturated heterocycles. The Bertz CT molecular complexity index is 842. The first-order valence-corrected chi connectivity index (χ1v) is 8.59. The van der Waals surface area contributed by atoms with Crippen LogP contribution in [0.15, 0.2) is 58.5 Å². The second-order valence-corrected chi connectivity index (χ2v) is 7.21. The van der Waals surface area contributed by atoms with Gasteiger partial charge >= 0.3 is 0 Å². The van der Waals surface area contributed by atoms with Gasteiger partial charge in [-0.15, -0.1) is 0 Å². The number of aryl methyl sites for hydroxylation is 1. The number of hydrogen-bond donors (Lipinski definition) is 1. The number of rotatable bonds is 4. The molecular formula is C16H15ClN2O3S. The molecule has 0 unspecified atom stereocenters. The number of nitrogens with zero attached hydrogens (tertiary/aromatic N) is 1. The molecule has 0 aliphatic heterocycles. The molecular weight excluding hydrogens is 336 g/mol. The average Bonchev–Trinajstić information content (AvgIpc) is 2.49. The van der Waals surface area contributed by atoms with Crippen LogP contribution in [-0.4, -0.2) is 19.2 Å². The number of sulfone groups is 1. The van der Waals surface area contributed by atoms with E-state index in [0.717, 1.165) is 12.5 Å². The first kappa shape index (κ1) is 17.2. The lowest BCUT2D eigenvalue weighted by Gasteiger charge is -2.07. The number of carbonyl (C=O) groups excluding carboxylic acids is 1. The molecule has 0 aromatic heterocycles. The molecule has 0 radical (unpaired) electrons. The number of benzene rings is 2. The number of halogens is 1. The number of ketones is 1. The maximum absolute atomic E-state index is 12.5. The molecule has 0 heterocycles. The summed E-state index contributed by atoms with van der Waals surface area (Å²) in [7, 11) is -3.98. The van der Waals surface area contributed by atoms with Crippen LogP contribution in [0.25, 0.3) is 0 Å². The van der Waals surface area contributed by atoms with Crippen molar-refractivity contribution in [3.05, 3.63) is 59.1 Å². The first-order valence-electron chi connectivity index (χ1n) is 6.72. The van der Waals surface area contributed by atoms with Crippen LogP contribution in [0.4, 0.5) is 5.69 Å². The van der Waals surface area contributed by atoms with Crippen molar-refractivity contribution >= 4 is 38.0 Å². The van der Waals surface area contributed by atoms with Gasteiger partial charge < -0.3 is 0 Å². The molecule has 0 atom stereocenters. The van der Waals surface area contributed by atoms with Gasteiger partial charge in [-0.1, -0.05) is 29.3 Å². The van der Waals surface area contributed by atoms with Crippen molar-refractivity contribution in [2.24, 2.45) is 5.10 Å². The first-order chi connectivity index (χ1) is 10.8. The number of carbonyl (C=O) groups is 1. The van der Waals surface area contributed by atoms with Gasteiger partial charge in [-0.3, -0.25) is 10.2 Å². The highest BCUT2D eigenvalue weighted by Gasteiger charge is 2.26. The van der Waals surface area contributed by atoms with Crippen LogP contribution in [0.5, 0.6) is 0 Å². The Labute approximate surface area is 139 Å². The van der Waals surface area contributed by atoms with E-state index in [4.69, 9.17) is 11.6 Å². The van der Waals surface area contributed by atoms with Crippen LogP contribution in [-0.2, 0) is 14.6 Å². The van der Waals surface area contributed by atoms with E-state index in [2.05, 4.69) is 10.5 Å². The highest BCUT2D eigenvalue weighted by atomic mass is 35.5. The molecule has 0 amide bonds. The van der Waals surface area contributed by atoms with E-state index in [0.29, 0.717) is 10.7 Å². The van der Waals surface area contributed by atoms with Crippen molar-refractivity contribution in [3.8, 4) is 0 Å². The molecule has 5 nitrogen and oxygen atoms in total. The maximum Gasteiger partial charge on any atom is 0.229 e. The summed E-state index contributed by atoms with van der Waals surface area (Å²) in [5.41, 5.74) is 4.01. The van der Waals surface area contributed by atoms with Crippen LogP contribution >= 0.6 is 11.6 Å². The van der Waals surface area contributed by atoms with Gasteiger partial charge in [0.2, 0.25) is 14.9 Å². The summed E-state index contributed by atoms with van der Waals surface area (Å²) in [4.78, 5) is 11.8. The van der Waals surface area contributed by atoms with E-state index >= 15 is 0 Å². The Balaban J connectivity index is 2.37. The van der Waals surface area contributed by atoms with Crippen LogP contribution in [0.3, 0.4) is 0 Å². The predicted molar refractivity (Wildman–Crippen MR) is 91.6 cm³/mol. The lowest BCUT2D eigenvalue weighted by molar-refractivity contribution is -0.110. The number of hydrazone groups is 1. The van der Waals surface area contributed by atoms with Crippen LogP contribution in [0, 0.1) is 6.92 Å². The molecule has 120 valence electrons. The lowest BCUT2D eigenvalue weighted by Crippen LogP contribution is -2.24. The number of nitrogens with one attached hydrogen (secondary N) is 1. The van der Waals surface area contributed by atoms with Gasteiger partial charge in [0.25, 0.3) is 0 Å². The topological polar surface area (TPSA) is 75.6 Å². The van der Waals surface area contributed by atoms with Gasteiger partial charge in [0.15, 0.2) is 5.78 Å². The quantitative estimate of drug-likeness (QED) is 0.520. The second-order valence-electron chi connectivity index (χ2n) is 4.91. The van der Waals surface area contributed by atoms with Gasteiger partial charge in [-0.25, -0.2) is 8.42 Å². The standard InChI is InChI=1S/C16H15ClN2O3S/c1-11-3-9-15(10-4-11)23(21,22)16(12(2)20)19-18-14-7-5-13(17)6-8-14/h3-10,18H,1-2H3. The smallest absolute Gasteiger partial charge is 0.229 e. The lowest BCUT2D eigenvalue weighted by atomic mass is 10.2. The molecule has 2 rings (SSSR count). The number of anilines is 1. The van der Waals surface area contributed by atoms with Gasteiger partial charge in [0, 0.05) is 11.9 Å². The number of Topliss-reactive ketones (excluding diaryl/α,β-unsaturated/α-hetero) is 1. The monoisotopic (exact) mass is 350 g/mol. The van der Waals surface area contributed by atoms with Crippen molar-refractivity contribution < 1.29 is 13.2 Å². The van der Waals surface area contributed by atoms with E-state index in [9.17, 15) is 13.2 Å². The summed E-state index contributed by atoms with van der Waals surface area (Å²) < 4.78 is 25.1. The zero-order chi connectivity index (χ0) is 17.0. The van der Waals surface area contributed by atoms with Gasteiger partial charge in [-0.05, 0) is 43.3 Å². The predicted octanol–water partition coefficient (Wildman–Crippen LogP) is 3.44. The van der Waals surface area contributed by atoms with Crippen LogP contribution in [0.1, 0.15) is 12.5 Å². The molecule has 0 spiro atoms. The van der Waals surface area contributed by atoms with Crippen molar-refractivity contribution in [1.29, 1.82) is 0 Å². The molecule has 0 fully saturated rings. The Kier molecular flexibility index (Phi) is 5.18. The van der Waals surface area contributed by atoms with Gasteiger partial charge in [0.1, 0.15) is 0 Å². The molecule has 0 aliphatic rings. The summed E-state index contributed by atoms with van der Waals surface area (Å²) >= 11 is 5.78. The summed E-state index contributed by atoms with van der Waals surface area (Å²) in [5, 5.41) is 3.77. The van der Waals surface area contributed by atoms with Crippen molar-refractivity contribution in [2.75, 3.05) is 5.43 Å².